The molecule has 3 heteroatoms. The molecule has 0 spiro atoms. The number of nitrogens with zero attached hydrogens (tertiary/aromatic N) is 1. The molecule has 0 radical (unpaired) electrons. The van der Waals surface area contributed by atoms with Gasteiger partial charge in [0.2, 0.25) is 0 Å². The number of aromatic nitrogens is 2. The fourth-order valence-electron chi connectivity index (χ4n) is 0.576. The molecule has 0 atom stereocenters. The Bertz CT molecular complexity index is 232. The second-order valence-corrected chi connectivity index (χ2v) is 1.67. The molecule has 0 amide bonds. The predicted octanol–water partition coefficient (Wildman–Crippen LogP) is 1.19. The Kier molecular flexibility index (Phi) is 4.67. The normalized spacial score (nSPS) is 7.73. The van der Waals surface area contributed by atoms with E-state index in [4.69, 9.17) is 12.2 Å². The van der Waals surface area contributed by atoms with E-state index in [-0.39, 0.29) is 0 Å². The summed E-state index contributed by atoms with van der Waals surface area (Å²) in [5, 5.41) is 0. The van der Waals surface area contributed by atoms with Crippen molar-refractivity contribution in [2.24, 2.45) is 0 Å². The van der Waals surface area contributed by atoms with Crippen LogP contribution in [0.5, 0.6) is 0 Å². The molecule has 11 heavy (non-hydrogen) atoms. The third kappa shape index (κ3) is 3.31. The zero-order valence-electron chi connectivity index (χ0n) is 6.89. The van der Waals surface area contributed by atoms with Crippen molar-refractivity contribution in [3.05, 3.63) is 11.9 Å². The van der Waals surface area contributed by atoms with E-state index in [0.29, 0.717) is 12.4 Å². The third-order valence-corrected chi connectivity index (χ3v) is 0.941. The number of imidazole rings is 1. The van der Waals surface area contributed by atoms with Gasteiger partial charge in [-0.3, -0.25) is 0 Å². The van der Waals surface area contributed by atoms with Gasteiger partial charge in [-0.15, -0.1) is 12.3 Å². The molecule has 1 aromatic rings. The Morgan fingerprint density at radius 1 is 1.73 bits per heavy atom. The van der Waals surface area contributed by atoms with Crippen LogP contribution in [0.1, 0.15) is 19.5 Å². The molecule has 1 aromatic heterocycles. The second-order valence-electron chi connectivity index (χ2n) is 1.67. The number of nitrogens with one attached hydrogen (secondary N) is 1. The first-order valence-electron chi connectivity index (χ1n) is 3.55. The number of nitrogens with two attached hydrogens (primary N) is 1. The van der Waals surface area contributed by atoms with Crippen molar-refractivity contribution in [3.8, 4) is 12.3 Å². The van der Waals surface area contributed by atoms with Crippen LogP contribution in [0.4, 0.5) is 5.95 Å². The Labute approximate surface area is 67.0 Å². The van der Waals surface area contributed by atoms with Gasteiger partial charge >= 0.3 is 0 Å². The van der Waals surface area contributed by atoms with Crippen molar-refractivity contribution in [2.75, 3.05) is 5.73 Å². The fraction of sp³-hybridized carbons (Fsp3) is 0.375. The second kappa shape index (κ2) is 5.36. The third-order valence-electron chi connectivity index (χ3n) is 0.941. The van der Waals surface area contributed by atoms with Crippen molar-refractivity contribution in [3.63, 3.8) is 0 Å². The quantitative estimate of drug-likeness (QED) is 0.592. The Hall–Kier alpha value is -1.43. The van der Waals surface area contributed by atoms with E-state index >= 15 is 0 Å². The molecule has 0 bridgehead atoms. The first kappa shape index (κ1) is 9.57. The van der Waals surface area contributed by atoms with Gasteiger partial charge in [-0.25, -0.2) is 4.98 Å². The van der Waals surface area contributed by atoms with Crippen LogP contribution in [0.2, 0.25) is 0 Å². The minimum absolute atomic E-state index is 0.417. The summed E-state index contributed by atoms with van der Waals surface area (Å²) >= 11 is 0. The molecule has 3 nitrogen and oxygen atoms in total. The summed E-state index contributed by atoms with van der Waals surface area (Å²) in [7, 11) is 0. The highest BCUT2D eigenvalue weighted by molar-refractivity contribution is 5.20. The Morgan fingerprint density at radius 2 is 2.36 bits per heavy atom. The summed E-state index contributed by atoms with van der Waals surface area (Å²) in [4.78, 5) is 6.56. The zero-order chi connectivity index (χ0) is 8.69. The summed E-state index contributed by atoms with van der Waals surface area (Å²) in [5.41, 5.74) is 6.16. The van der Waals surface area contributed by atoms with Gasteiger partial charge in [0.1, 0.15) is 0 Å². The first-order chi connectivity index (χ1) is 5.33. The van der Waals surface area contributed by atoms with E-state index < -0.39 is 0 Å². The number of nitrogen functional groups attached to an aromatic ring is 1. The highest BCUT2D eigenvalue weighted by Crippen LogP contribution is 1.96. The van der Waals surface area contributed by atoms with Crippen molar-refractivity contribution < 1.29 is 0 Å². The molecule has 0 unspecified atom stereocenters. The van der Waals surface area contributed by atoms with Crippen molar-refractivity contribution in [1.82, 2.24) is 9.97 Å². The van der Waals surface area contributed by atoms with E-state index in [0.717, 1.165) is 5.69 Å². The van der Waals surface area contributed by atoms with E-state index in [1.807, 2.05) is 13.8 Å². The maximum atomic E-state index is 5.27. The van der Waals surface area contributed by atoms with Crippen molar-refractivity contribution in [1.29, 1.82) is 0 Å². The summed E-state index contributed by atoms with van der Waals surface area (Å²) in [6, 6.07) is 0. The number of H-pyrrole nitrogens is 1. The van der Waals surface area contributed by atoms with Gasteiger partial charge in [-0.2, -0.15) is 0 Å². The number of aromatic amines is 1. The van der Waals surface area contributed by atoms with Gasteiger partial charge < -0.3 is 10.7 Å². The lowest BCUT2D eigenvalue weighted by molar-refractivity contribution is 1.19. The lowest BCUT2D eigenvalue weighted by Crippen LogP contribution is -1.86. The van der Waals surface area contributed by atoms with Crippen LogP contribution in [0.15, 0.2) is 6.20 Å². The number of rotatable bonds is 1. The van der Waals surface area contributed by atoms with Crippen molar-refractivity contribution in [2.45, 2.75) is 20.3 Å². The van der Waals surface area contributed by atoms with Crippen molar-refractivity contribution >= 4 is 5.95 Å². The van der Waals surface area contributed by atoms with Gasteiger partial charge in [-0.1, -0.05) is 13.8 Å². The number of anilines is 1. The summed E-state index contributed by atoms with van der Waals surface area (Å²) < 4.78 is 0. The molecule has 1 heterocycles. The molecule has 3 N–H and O–H groups in total. The van der Waals surface area contributed by atoms with E-state index in [2.05, 4.69) is 15.9 Å². The molecule has 0 aromatic carbocycles. The van der Waals surface area contributed by atoms with Gasteiger partial charge in [0, 0.05) is 5.69 Å². The molecular weight excluding hydrogens is 138 g/mol. The van der Waals surface area contributed by atoms with Crippen LogP contribution in [0.25, 0.3) is 0 Å². The van der Waals surface area contributed by atoms with E-state index in [9.17, 15) is 0 Å². The summed E-state index contributed by atoms with van der Waals surface area (Å²) in [6.07, 6.45) is 7.23. The standard InChI is InChI=1S/C6H7N3.C2H6/c1-2-3-5-4-8-6(7)9-5;1-2/h1,4H,3H2,(H3,7,8,9);1-2H3. The molecule has 0 fully saturated rings. The number of terminal acetylenes is 1. The van der Waals surface area contributed by atoms with Gasteiger partial charge in [0.15, 0.2) is 5.95 Å². The maximum Gasteiger partial charge on any atom is 0.197 e. The predicted molar refractivity (Wildman–Crippen MR) is 46.9 cm³/mol. The van der Waals surface area contributed by atoms with Crippen LogP contribution in [0.3, 0.4) is 0 Å². The lowest BCUT2D eigenvalue weighted by atomic mass is 10.3. The molecule has 1 rings (SSSR count). The topological polar surface area (TPSA) is 54.7 Å². The average Bonchev–Trinajstić information content (AvgIpc) is 2.41. The molecular formula is C8H13N3. The molecule has 0 saturated carbocycles. The van der Waals surface area contributed by atoms with Gasteiger partial charge in [-0.05, 0) is 0 Å². The highest BCUT2D eigenvalue weighted by atomic mass is 15.0. The SMILES string of the molecule is C#CCc1cnc(N)[nH]1.CC. The fourth-order valence-corrected chi connectivity index (χ4v) is 0.576. The molecule has 60 valence electrons. The monoisotopic (exact) mass is 151 g/mol. The zero-order valence-corrected chi connectivity index (χ0v) is 6.89. The minimum atomic E-state index is 0.417. The first-order valence-corrected chi connectivity index (χ1v) is 3.55. The van der Waals surface area contributed by atoms with Gasteiger partial charge in [0.05, 0.1) is 12.6 Å². The number of hydrogen-bond donors (Lipinski definition) is 2. The molecule has 0 aliphatic carbocycles. The van der Waals surface area contributed by atoms with E-state index in [1.54, 1.807) is 6.20 Å². The lowest BCUT2D eigenvalue weighted by Gasteiger charge is -1.82. The Balaban J connectivity index is 0.000000461. The van der Waals surface area contributed by atoms with Crippen LogP contribution in [-0.2, 0) is 6.42 Å². The minimum Gasteiger partial charge on any atom is -0.369 e. The Morgan fingerprint density at radius 3 is 2.73 bits per heavy atom. The van der Waals surface area contributed by atoms with Crippen LogP contribution in [0, 0.1) is 12.3 Å². The summed E-state index contributed by atoms with van der Waals surface area (Å²) in [5.74, 6) is 2.89. The summed E-state index contributed by atoms with van der Waals surface area (Å²) in [6.45, 7) is 4.00. The van der Waals surface area contributed by atoms with Crippen LogP contribution >= 0.6 is 0 Å². The average molecular weight is 151 g/mol. The number of hydrogen-bond acceptors (Lipinski definition) is 2. The maximum absolute atomic E-state index is 5.27. The largest absolute Gasteiger partial charge is 0.369 e. The molecule has 0 aliphatic rings. The molecule has 0 aliphatic heterocycles. The van der Waals surface area contributed by atoms with Crippen LogP contribution < -0.4 is 5.73 Å². The highest BCUT2D eigenvalue weighted by Gasteiger charge is 1.91. The van der Waals surface area contributed by atoms with Gasteiger partial charge in [0.25, 0.3) is 0 Å². The van der Waals surface area contributed by atoms with Crippen LogP contribution in [-0.4, -0.2) is 9.97 Å². The molecule has 0 saturated heterocycles. The van der Waals surface area contributed by atoms with E-state index in [1.165, 1.54) is 0 Å². The smallest absolute Gasteiger partial charge is 0.197 e.